The van der Waals surface area contributed by atoms with Crippen LogP contribution in [0, 0.1) is 18.6 Å². The summed E-state index contributed by atoms with van der Waals surface area (Å²) in [5.74, 6) is -2.85. The van der Waals surface area contributed by atoms with Crippen LogP contribution in [0.2, 0.25) is 0 Å². The number of hydrogen-bond donors (Lipinski definition) is 1. The van der Waals surface area contributed by atoms with Gasteiger partial charge in [0.25, 0.3) is 5.91 Å². The van der Waals surface area contributed by atoms with Gasteiger partial charge in [-0.05, 0) is 43.3 Å². The lowest BCUT2D eigenvalue weighted by Crippen LogP contribution is -2.15. The topological polar surface area (TPSA) is 46.9 Å². The van der Waals surface area contributed by atoms with Crippen LogP contribution in [0.4, 0.5) is 27.6 Å². The van der Waals surface area contributed by atoms with E-state index in [0.29, 0.717) is 5.69 Å². The molecule has 1 aromatic heterocycles. The van der Waals surface area contributed by atoms with Crippen LogP contribution in [0.1, 0.15) is 21.9 Å². The Morgan fingerprint density at radius 1 is 1.04 bits per heavy atom. The quantitative estimate of drug-likeness (QED) is 0.667. The van der Waals surface area contributed by atoms with Crippen molar-refractivity contribution in [3.63, 3.8) is 0 Å². The van der Waals surface area contributed by atoms with Gasteiger partial charge >= 0.3 is 6.18 Å². The summed E-state index contributed by atoms with van der Waals surface area (Å²) in [4.78, 5) is 15.5. The Morgan fingerprint density at radius 3 is 2.15 bits per heavy atom. The highest BCUT2D eigenvalue weighted by Gasteiger charge is 2.34. The molecule has 140 valence electrons. The Bertz CT molecular complexity index is 973. The SMILES string of the molecule is Cc1nc(C(F)(F)F)cn1-c1ccc(NC(=O)c2c(F)cccc2F)cc1. The molecule has 1 amide bonds. The predicted octanol–water partition coefficient (Wildman–Crippen LogP) is 4.73. The molecule has 0 spiro atoms. The fourth-order valence-corrected chi connectivity index (χ4v) is 2.48. The molecule has 0 aliphatic heterocycles. The molecule has 0 saturated carbocycles. The van der Waals surface area contributed by atoms with Crippen molar-refractivity contribution < 1.29 is 26.7 Å². The molecule has 0 fully saturated rings. The van der Waals surface area contributed by atoms with Crippen molar-refractivity contribution in [1.82, 2.24) is 9.55 Å². The van der Waals surface area contributed by atoms with Crippen molar-refractivity contribution >= 4 is 11.6 Å². The first-order chi connectivity index (χ1) is 12.7. The van der Waals surface area contributed by atoms with Crippen molar-refractivity contribution in [3.8, 4) is 5.69 Å². The van der Waals surface area contributed by atoms with Crippen LogP contribution in [0.25, 0.3) is 5.69 Å². The van der Waals surface area contributed by atoms with Crippen molar-refractivity contribution in [1.29, 1.82) is 0 Å². The molecule has 0 radical (unpaired) electrons. The van der Waals surface area contributed by atoms with Gasteiger partial charge in [-0.25, -0.2) is 13.8 Å². The van der Waals surface area contributed by atoms with Gasteiger partial charge in [0.2, 0.25) is 0 Å². The van der Waals surface area contributed by atoms with Crippen molar-refractivity contribution in [3.05, 3.63) is 77.4 Å². The lowest BCUT2D eigenvalue weighted by Gasteiger charge is -2.09. The van der Waals surface area contributed by atoms with E-state index in [1.807, 2.05) is 0 Å². The second-order valence-electron chi connectivity index (χ2n) is 5.64. The molecular formula is C18H12F5N3O. The number of imidazole rings is 1. The lowest BCUT2D eigenvalue weighted by molar-refractivity contribution is -0.141. The molecule has 2 aromatic carbocycles. The van der Waals surface area contributed by atoms with Crippen molar-refractivity contribution in [2.75, 3.05) is 5.32 Å². The summed E-state index contributed by atoms with van der Waals surface area (Å²) in [5.41, 5.74) is -1.14. The number of aromatic nitrogens is 2. The van der Waals surface area contributed by atoms with Gasteiger partial charge in [-0.2, -0.15) is 13.2 Å². The summed E-state index contributed by atoms with van der Waals surface area (Å²) >= 11 is 0. The van der Waals surface area contributed by atoms with Crippen LogP contribution in [0.3, 0.4) is 0 Å². The average Bonchev–Trinajstić information content (AvgIpc) is 2.97. The maximum absolute atomic E-state index is 13.6. The van der Waals surface area contributed by atoms with E-state index in [1.54, 1.807) is 0 Å². The number of amides is 1. The Kier molecular flexibility index (Phi) is 4.69. The molecule has 0 bridgehead atoms. The van der Waals surface area contributed by atoms with Gasteiger partial charge in [-0.1, -0.05) is 6.07 Å². The fraction of sp³-hybridized carbons (Fsp3) is 0.111. The maximum Gasteiger partial charge on any atom is 0.434 e. The molecule has 0 aliphatic rings. The first kappa shape index (κ1) is 18.6. The first-order valence-corrected chi connectivity index (χ1v) is 7.66. The molecule has 1 N–H and O–H groups in total. The third kappa shape index (κ3) is 3.81. The van der Waals surface area contributed by atoms with Gasteiger partial charge in [0.05, 0.1) is 0 Å². The zero-order valence-electron chi connectivity index (χ0n) is 13.8. The third-order valence-electron chi connectivity index (χ3n) is 3.77. The smallest absolute Gasteiger partial charge is 0.322 e. The van der Waals surface area contributed by atoms with E-state index in [-0.39, 0.29) is 11.5 Å². The summed E-state index contributed by atoms with van der Waals surface area (Å²) in [6.45, 7) is 1.42. The van der Waals surface area contributed by atoms with Gasteiger partial charge in [0.1, 0.15) is 23.0 Å². The number of benzene rings is 2. The lowest BCUT2D eigenvalue weighted by atomic mass is 10.1. The zero-order chi connectivity index (χ0) is 19.8. The number of nitrogens with zero attached hydrogens (tertiary/aromatic N) is 2. The number of carbonyl (C=O) groups excluding carboxylic acids is 1. The Balaban J connectivity index is 1.82. The fourth-order valence-electron chi connectivity index (χ4n) is 2.48. The first-order valence-electron chi connectivity index (χ1n) is 7.66. The van der Waals surface area contributed by atoms with Crippen LogP contribution >= 0.6 is 0 Å². The van der Waals surface area contributed by atoms with Crippen LogP contribution in [-0.4, -0.2) is 15.5 Å². The molecule has 9 heteroatoms. The van der Waals surface area contributed by atoms with Gasteiger partial charge in [-0.15, -0.1) is 0 Å². The van der Waals surface area contributed by atoms with Crippen molar-refractivity contribution in [2.45, 2.75) is 13.1 Å². The highest BCUT2D eigenvalue weighted by molar-refractivity contribution is 6.04. The molecule has 3 aromatic rings. The number of carbonyl (C=O) groups is 1. The van der Waals surface area contributed by atoms with Crippen molar-refractivity contribution in [2.24, 2.45) is 0 Å². The molecular weight excluding hydrogens is 369 g/mol. The van der Waals surface area contributed by atoms with Crippen LogP contribution in [0.15, 0.2) is 48.7 Å². The summed E-state index contributed by atoms with van der Waals surface area (Å²) in [5, 5.41) is 2.34. The number of hydrogen-bond acceptors (Lipinski definition) is 2. The minimum atomic E-state index is -4.56. The summed E-state index contributed by atoms with van der Waals surface area (Å²) in [6.07, 6.45) is -3.70. The number of nitrogens with one attached hydrogen (secondary N) is 1. The zero-order valence-corrected chi connectivity index (χ0v) is 13.8. The third-order valence-corrected chi connectivity index (χ3v) is 3.77. The number of aryl methyl sites for hydroxylation is 1. The summed E-state index contributed by atoms with van der Waals surface area (Å²) in [6, 6.07) is 8.75. The monoisotopic (exact) mass is 381 g/mol. The number of anilines is 1. The largest absolute Gasteiger partial charge is 0.434 e. The van der Waals surface area contributed by atoms with E-state index >= 15 is 0 Å². The predicted molar refractivity (Wildman–Crippen MR) is 87.6 cm³/mol. The Labute approximate surface area is 150 Å². The molecule has 0 unspecified atom stereocenters. The van der Waals surface area contributed by atoms with Crippen LogP contribution in [0.5, 0.6) is 0 Å². The number of halogens is 5. The summed E-state index contributed by atoms with van der Waals surface area (Å²) < 4.78 is 66.7. The maximum atomic E-state index is 13.6. The second kappa shape index (κ2) is 6.82. The van der Waals surface area contributed by atoms with E-state index in [1.165, 1.54) is 35.8 Å². The van der Waals surface area contributed by atoms with Crippen LogP contribution in [-0.2, 0) is 6.18 Å². The molecule has 3 rings (SSSR count). The highest BCUT2D eigenvalue weighted by Crippen LogP contribution is 2.29. The van der Waals surface area contributed by atoms with E-state index in [2.05, 4.69) is 10.3 Å². The highest BCUT2D eigenvalue weighted by atomic mass is 19.4. The molecule has 27 heavy (non-hydrogen) atoms. The molecule has 0 atom stereocenters. The average molecular weight is 381 g/mol. The second-order valence-corrected chi connectivity index (χ2v) is 5.64. The van der Waals surface area contributed by atoms with Gasteiger partial charge in [-0.3, -0.25) is 4.79 Å². The van der Waals surface area contributed by atoms with Gasteiger partial charge in [0.15, 0.2) is 5.69 Å². The minimum absolute atomic E-state index is 0.132. The molecule has 0 aliphatic carbocycles. The van der Waals surface area contributed by atoms with E-state index in [0.717, 1.165) is 24.4 Å². The van der Waals surface area contributed by atoms with E-state index in [4.69, 9.17) is 0 Å². The Morgan fingerprint density at radius 2 is 1.63 bits per heavy atom. The number of rotatable bonds is 3. The summed E-state index contributed by atoms with van der Waals surface area (Å²) in [7, 11) is 0. The van der Waals surface area contributed by atoms with E-state index < -0.39 is 35.0 Å². The molecule has 0 saturated heterocycles. The van der Waals surface area contributed by atoms with Gasteiger partial charge in [0, 0.05) is 17.6 Å². The molecule has 4 nitrogen and oxygen atoms in total. The Hall–Kier alpha value is -3.23. The van der Waals surface area contributed by atoms with Crippen LogP contribution < -0.4 is 5.32 Å². The standard InChI is InChI=1S/C18H12F5N3O/c1-10-24-15(18(21,22)23)9-26(10)12-7-5-11(6-8-12)25-17(27)16-13(19)3-2-4-14(16)20/h2-9H,1H3,(H,25,27). The van der Waals surface area contributed by atoms with Gasteiger partial charge < -0.3 is 9.88 Å². The van der Waals surface area contributed by atoms with E-state index in [9.17, 15) is 26.7 Å². The number of alkyl halides is 3. The normalized spacial score (nSPS) is 11.5. The molecule has 1 heterocycles. The minimum Gasteiger partial charge on any atom is -0.322 e.